The van der Waals surface area contributed by atoms with Crippen LogP contribution in [0.3, 0.4) is 0 Å². The molecule has 7 heteroatoms. The van der Waals surface area contributed by atoms with Gasteiger partial charge in [-0.05, 0) is 56.4 Å². The Morgan fingerprint density at radius 1 is 1.18 bits per heavy atom. The van der Waals surface area contributed by atoms with E-state index in [9.17, 15) is 13.2 Å². The molecule has 158 valence electrons. The molecule has 0 bridgehead atoms. The predicted molar refractivity (Wildman–Crippen MR) is 111 cm³/mol. The molecule has 2 atom stereocenters. The molecule has 1 aliphatic carbocycles. The zero-order valence-electron chi connectivity index (χ0n) is 17.5. The lowest BCUT2D eigenvalue weighted by atomic mass is 9.89. The van der Waals surface area contributed by atoms with Gasteiger partial charge in [-0.2, -0.15) is 0 Å². The third-order valence-electron chi connectivity index (χ3n) is 6.19. The number of hydrogen-bond acceptors (Lipinski definition) is 4. The number of aryl methyl sites for hydroxylation is 1. The summed E-state index contributed by atoms with van der Waals surface area (Å²) in [5, 5.41) is 0. The number of rotatable bonds is 6. The first-order valence-electron chi connectivity index (χ1n) is 10.5. The smallest absolute Gasteiger partial charge is 0.254 e. The Morgan fingerprint density at radius 2 is 1.86 bits per heavy atom. The van der Waals surface area contributed by atoms with E-state index in [-0.39, 0.29) is 29.7 Å². The highest BCUT2D eigenvalue weighted by Crippen LogP contribution is 2.29. The van der Waals surface area contributed by atoms with Gasteiger partial charge in [0.2, 0.25) is 10.0 Å². The summed E-state index contributed by atoms with van der Waals surface area (Å²) >= 11 is 0. The largest absolute Gasteiger partial charge is 0.376 e. The summed E-state index contributed by atoms with van der Waals surface area (Å²) in [6, 6.07) is 3.29. The summed E-state index contributed by atoms with van der Waals surface area (Å²) < 4.78 is 34.6. The Morgan fingerprint density at radius 3 is 2.46 bits per heavy atom. The maximum atomic E-state index is 13.2. The first kappa shape index (κ1) is 21.5. The molecule has 0 aromatic carbocycles. The van der Waals surface area contributed by atoms with Crippen molar-refractivity contribution in [3.63, 3.8) is 0 Å². The van der Waals surface area contributed by atoms with Crippen molar-refractivity contribution in [2.24, 2.45) is 5.92 Å². The van der Waals surface area contributed by atoms with Crippen molar-refractivity contribution in [3.8, 4) is 0 Å². The van der Waals surface area contributed by atoms with Crippen molar-refractivity contribution in [2.45, 2.75) is 83.4 Å². The summed E-state index contributed by atoms with van der Waals surface area (Å²) in [7, 11) is -3.37. The molecule has 6 nitrogen and oxygen atoms in total. The molecule has 1 saturated carbocycles. The second-order valence-electron chi connectivity index (χ2n) is 8.93. The predicted octanol–water partition coefficient (Wildman–Crippen LogP) is 2.97. The van der Waals surface area contributed by atoms with Crippen LogP contribution < -0.4 is 10.3 Å². The zero-order valence-corrected chi connectivity index (χ0v) is 18.3. The van der Waals surface area contributed by atoms with Crippen LogP contribution in [0.4, 0.5) is 0 Å². The third-order valence-corrected chi connectivity index (χ3v) is 6.92. The second kappa shape index (κ2) is 8.67. The first-order valence-corrected chi connectivity index (χ1v) is 12.4. The number of pyridine rings is 1. The third kappa shape index (κ3) is 5.05. The van der Waals surface area contributed by atoms with Crippen LogP contribution in [0.1, 0.15) is 76.1 Å². The van der Waals surface area contributed by atoms with Crippen LogP contribution in [0, 0.1) is 5.92 Å². The minimum Gasteiger partial charge on any atom is -0.376 e. The summed E-state index contributed by atoms with van der Waals surface area (Å²) in [6.45, 7) is 6.65. The lowest BCUT2D eigenvalue weighted by molar-refractivity contribution is -0.00540. The van der Waals surface area contributed by atoms with Gasteiger partial charge in [0, 0.05) is 17.3 Å². The number of sulfonamides is 1. The highest BCUT2D eigenvalue weighted by molar-refractivity contribution is 7.88. The monoisotopic (exact) mass is 410 g/mol. The molecule has 2 aliphatic rings. The van der Waals surface area contributed by atoms with Crippen molar-refractivity contribution in [1.29, 1.82) is 0 Å². The minimum atomic E-state index is -3.37. The van der Waals surface area contributed by atoms with Crippen molar-refractivity contribution in [2.75, 3.05) is 12.9 Å². The maximum absolute atomic E-state index is 13.2. The van der Waals surface area contributed by atoms with E-state index in [1.165, 1.54) is 6.26 Å². The fourth-order valence-corrected chi connectivity index (χ4v) is 5.35. The Kier molecular flexibility index (Phi) is 6.67. The molecule has 0 saturated heterocycles. The van der Waals surface area contributed by atoms with Crippen LogP contribution in [-0.2, 0) is 21.2 Å². The SMILES string of the molecule is CC1CCC(OC[C@H]2[C@@H](NS(C)(=O)=O)CCc3ccc(C(C)C)c(=O)n32)CC1. The van der Waals surface area contributed by atoms with Crippen molar-refractivity contribution in [3.05, 3.63) is 33.7 Å². The van der Waals surface area contributed by atoms with E-state index >= 15 is 0 Å². The van der Waals surface area contributed by atoms with E-state index in [2.05, 4.69) is 11.6 Å². The Hall–Kier alpha value is -1.18. The molecule has 1 aromatic heterocycles. The number of nitrogens with one attached hydrogen (secondary N) is 1. The standard InChI is InChI=1S/C21H34N2O4S/c1-14(2)18-11-7-16-8-12-19(22-28(4,25)26)20(23(16)21(18)24)13-27-17-9-5-15(3)6-10-17/h7,11,14-15,17,19-20,22H,5-6,8-10,12-13H2,1-4H3/t15?,17?,19-,20-/m0/s1. The Balaban J connectivity index is 1.89. The van der Waals surface area contributed by atoms with Gasteiger partial charge in [0.1, 0.15) is 0 Å². The van der Waals surface area contributed by atoms with E-state index < -0.39 is 10.0 Å². The summed E-state index contributed by atoms with van der Waals surface area (Å²) in [5.41, 5.74) is 1.71. The molecule has 28 heavy (non-hydrogen) atoms. The van der Waals surface area contributed by atoms with E-state index in [1.54, 1.807) is 4.57 Å². The molecular weight excluding hydrogens is 376 g/mol. The van der Waals surface area contributed by atoms with Gasteiger partial charge in [-0.25, -0.2) is 13.1 Å². The summed E-state index contributed by atoms with van der Waals surface area (Å²) in [6.07, 6.45) is 7.11. The Bertz CT molecular complexity index is 838. The van der Waals surface area contributed by atoms with E-state index in [1.807, 2.05) is 26.0 Å². The average molecular weight is 411 g/mol. The molecule has 1 N–H and O–H groups in total. The van der Waals surface area contributed by atoms with Gasteiger partial charge in [-0.3, -0.25) is 4.79 Å². The molecule has 1 fully saturated rings. The van der Waals surface area contributed by atoms with Crippen LogP contribution >= 0.6 is 0 Å². The summed E-state index contributed by atoms with van der Waals surface area (Å²) in [4.78, 5) is 13.2. The fourth-order valence-electron chi connectivity index (χ4n) is 4.52. The number of aromatic nitrogens is 1. The van der Waals surface area contributed by atoms with Gasteiger partial charge in [0.15, 0.2) is 0 Å². The average Bonchev–Trinajstić information content (AvgIpc) is 2.61. The molecule has 3 rings (SSSR count). The molecule has 0 spiro atoms. The molecule has 1 aliphatic heterocycles. The molecule has 0 amide bonds. The van der Waals surface area contributed by atoms with Gasteiger partial charge in [0.25, 0.3) is 5.56 Å². The highest BCUT2D eigenvalue weighted by atomic mass is 32.2. The van der Waals surface area contributed by atoms with E-state index in [0.29, 0.717) is 19.4 Å². The molecule has 1 aromatic rings. The Labute approximate surface area is 168 Å². The van der Waals surface area contributed by atoms with Gasteiger partial charge in [0.05, 0.1) is 25.0 Å². The minimum absolute atomic E-state index is 0.0154. The van der Waals surface area contributed by atoms with E-state index in [4.69, 9.17) is 4.74 Å². The first-order chi connectivity index (χ1) is 13.2. The van der Waals surface area contributed by atoms with Crippen molar-refractivity contribution < 1.29 is 13.2 Å². The number of nitrogens with zero attached hydrogens (tertiary/aromatic N) is 1. The van der Waals surface area contributed by atoms with Gasteiger partial charge in [-0.15, -0.1) is 0 Å². The van der Waals surface area contributed by atoms with Crippen LogP contribution in [0.5, 0.6) is 0 Å². The lowest BCUT2D eigenvalue weighted by Crippen LogP contribution is -2.50. The summed E-state index contributed by atoms with van der Waals surface area (Å²) in [5.74, 6) is 0.862. The van der Waals surface area contributed by atoms with Gasteiger partial charge >= 0.3 is 0 Å². The second-order valence-corrected chi connectivity index (χ2v) is 10.7. The number of ether oxygens (including phenoxy) is 1. The molecular formula is C21H34N2O4S. The zero-order chi connectivity index (χ0) is 20.5. The molecule has 2 heterocycles. The number of hydrogen-bond donors (Lipinski definition) is 1. The van der Waals surface area contributed by atoms with Crippen LogP contribution in [0.2, 0.25) is 0 Å². The van der Waals surface area contributed by atoms with Crippen LogP contribution in [0.15, 0.2) is 16.9 Å². The normalized spacial score (nSPS) is 28.3. The van der Waals surface area contributed by atoms with Crippen LogP contribution in [-0.4, -0.2) is 38.0 Å². The van der Waals surface area contributed by atoms with E-state index in [0.717, 1.165) is 42.9 Å². The quantitative estimate of drug-likeness (QED) is 0.782. The fraction of sp³-hybridized carbons (Fsp3) is 0.762. The highest BCUT2D eigenvalue weighted by Gasteiger charge is 2.34. The molecule has 0 radical (unpaired) electrons. The topological polar surface area (TPSA) is 77.4 Å². The van der Waals surface area contributed by atoms with Crippen molar-refractivity contribution >= 4 is 10.0 Å². The van der Waals surface area contributed by atoms with Gasteiger partial charge < -0.3 is 9.30 Å². The van der Waals surface area contributed by atoms with Gasteiger partial charge in [-0.1, -0.05) is 26.8 Å². The number of fused-ring (bicyclic) bond motifs is 1. The van der Waals surface area contributed by atoms with Crippen molar-refractivity contribution in [1.82, 2.24) is 9.29 Å². The molecule has 0 unspecified atom stereocenters. The lowest BCUT2D eigenvalue weighted by Gasteiger charge is -2.37. The van der Waals surface area contributed by atoms with Crippen LogP contribution in [0.25, 0.3) is 0 Å². The maximum Gasteiger partial charge on any atom is 0.254 e.